The van der Waals surface area contributed by atoms with Crippen LogP contribution in [0.1, 0.15) is 13.3 Å². The molecule has 0 saturated carbocycles. The van der Waals surface area contributed by atoms with Crippen LogP contribution in [0.5, 0.6) is 0 Å². The van der Waals surface area contributed by atoms with Crippen molar-refractivity contribution in [3.63, 3.8) is 0 Å². The number of ether oxygens (including phenoxy) is 1. The number of hydrogen-bond acceptors (Lipinski definition) is 5. The van der Waals surface area contributed by atoms with Gasteiger partial charge < -0.3 is 15.0 Å². The number of hydrogen-bond donors (Lipinski definition) is 1. The molecular formula is C17H21F2N3O3S2. The number of amides is 1. The molecule has 2 aliphatic heterocycles. The largest absolute Gasteiger partial charge is 0.442 e. The van der Waals surface area contributed by atoms with Crippen molar-refractivity contribution in [1.29, 1.82) is 0 Å². The van der Waals surface area contributed by atoms with Crippen molar-refractivity contribution in [1.82, 2.24) is 5.32 Å². The molecule has 0 aliphatic carbocycles. The predicted octanol–water partition coefficient (Wildman–Crippen LogP) is 2.19. The van der Waals surface area contributed by atoms with Crippen LogP contribution in [0.15, 0.2) is 12.1 Å². The molecule has 1 aromatic carbocycles. The van der Waals surface area contributed by atoms with Gasteiger partial charge in [-0.1, -0.05) is 12.2 Å². The molecule has 3 rings (SSSR count). The lowest BCUT2D eigenvalue weighted by atomic mass is 10.2. The minimum atomic E-state index is -0.957. The van der Waals surface area contributed by atoms with Crippen LogP contribution in [0.25, 0.3) is 0 Å². The van der Waals surface area contributed by atoms with Crippen LogP contribution in [-0.4, -0.2) is 59.1 Å². The Morgan fingerprint density at radius 3 is 2.70 bits per heavy atom. The molecular weight excluding hydrogens is 396 g/mol. The molecule has 1 amide bonds. The van der Waals surface area contributed by atoms with E-state index in [1.807, 2.05) is 0 Å². The van der Waals surface area contributed by atoms with E-state index >= 15 is 0 Å². The predicted molar refractivity (Wildman–Crippen MR) is 105 cm³/mol. The maximum absolute atomic E-state index is 14.7. The number of anilines is 2. The number of benzene rings is 1. The fraction of sp³-hybridized carbons (Fsp3) is 0.529. The monoisotopic (exact) mass is 417 g/mol. The number of nitrogens with one attached hydrogen (secondary N) is 1. The third kappa shape index (κ3) is 4.73. The first kappa shape index (κ1) is 19.9. The summed E-state index contributed by atoms with van der Waals surface area (Å²) in [6.07, 6.45) is -0.498. The molecule has 6 nitrogen and oxygen atoms in total. The second-order valence-corrected chi connectivity index (χ2v) is 8.81. The summed E-state index contributed by atoms with van der Waals surface area (Å²) in [5.74, 6) is -0.579. The average molecular weight is 418 g/mol. The highest BCUT2D eigenvalue weighted by molar-refractivity contribution is 7.85. The second kappa shape index (κ2) is 8.47. The minimum absolute atomic E-state index is 0.110. The molecule has 2 saturated heterocycles. The Labute approximate surface area is 164 Å². The normalized spacial score (nSPS) is 23.1. The molecule has 2 heterocycles. The zero-order valence-corrected chi connectivity index (χ0v) is 16.5. The van der Waals surface area contributed by atoms with Crippen molar-refractivity contribution >= 4 is 45.5 Å². The molecule has 1 N–H and O–H groups in total. The van der Waals surface area contributed by atoms with Crippen LogP contribution >= 0.6 is 12.2 Å². The zero-order chi connectivity index (χ0) is 19.6. The van der Waals surface area contributed by atoms with Crippen LogP contribution < -0.4 is 15.1 Å². The smallest absolute Gasteiger partial charge is 0.414 e. The number of cyclic esters (lactones) is 1. The van der Waals surface area contributed by atoms with Gasteiger partial charge in [0, 0.05) is 47.5 Å². The lowest BCUT2D eigenvalue weighted by Gasteiger charge is -2.24. The van der Waals surface area contributed by atoms with Crippen molar-refractivity contribution in [2.45, 2.75) is 19.4 Å². The minimum Gasteiger partial charge on any atom is -0.442 e. The molecule has 0 bridgehead atoms. The first-order valence-electron chi connectivity index (χ1n) is 8.66. The van der Waals surface area contributed by atoms with Gasteiger partial charge in [-0.25, -0.2) is 13.6 Å². The topological polar surface area (TPSA) is 61.9 Å². The molecule has 2 aliphatic rings. The molecule has 1 aromatic rings. The SMILES string of the molecule is CC(=S)NCC1CN(c2cc(F)c(N3CCCS(=O)CC3)c(F)c2)C(=O)O1. The van der Waals surface area contributed by atoms with Gasteiger partial charge in [0.2, 0.25) is 0 Å². The maximum Gasteiger partial charge on any atom is 0.414 e. The Morgan fingerprint density at radius 2 is 2.04 bits per heavy atom. The molecule has 2 fully saturated rings. The fourth-order valence-corrected chi connectivity index (χ4v) is 4.33. The summed E-state index contributed by atoms with van der Waals surface area (Å²) in [4.78, 5) is 15.4. The Bertz CT molecular complexity index is 755. The van der Waals surface area contributed by atoms with Crippen molar-refractivity contribution in [2.24, 2.45) is 0 Å². The zero-order valence-electron chi connectivity index (χ0n) is 14.9. The van der Waals surface area contributed by atoms with E-state index in [0.717, 1.165) is 12.1 Å². The van der Waals surface area contributed by atoms with E-state index in [2.05, 4.69) is 5.32 Å². The number of halogens is 2. The van der Waals surface area contributed by atoms with Gasteiger partial charge in [-0.3, -0.25) is 9.11 Å². The van der Waals surface area contributed by atoms with Crippen molar-refractivity contribution in [3.8, 4) is 0 Å². The van der Waals surface area contributed by atoms with Gasteiger partial charge >= 0.3 is 6.09 Å². The van der Waals surface area contributed by atoms with E-state index in [1.54, 1.807) is 11.8 Å². The standard InChI is InChI=1S/C17H21F2N3O3S2/c1-11(26)20-9-13-10-22(17(23)25-13)12-7-14(18)16(15(19)8-12)21-3-2-5-27(24)6-4-21/h7-8,13H,2-6,9-10H2,1H3,(H,20,26). The van der Waals surface area contributed by atoms with Gasteiger partial charge in [0.1, 0.15) is 11.8 Å². The summed E-state index contributed by atoms with van der Waals surface area (Å²) in [6.45, 7) is 3.00. The van der Waals surface area contributed by atoms with Gasteiger partial charge in [-0.2, -0.15) is 0 Å². The van der Waals surface area contributed by atoms with E-state index in [1.165, 1.54) is 4.90 Å². The summed E-state index contributed by atoms with van der Waals surface area (Å²) in [5, 5.41) is 2.91. The molecule has 27 heavy (non-hydrogen) atoms. The van der Waals surface area contributed by atoms with Crippen LogP contribution in [0.4, 0.5) is 25.0 Å². The first-order chi connectivity index (χ1) is 12.8. The number of thiocarbonyl (C=S) groups is 1. The molecule has 0 radical (unpaired) electrons. The molecule has 0 spiro atoms. The molecule has 148 valence electrons. The second-order valence-electron chi connectivity index (χ2n) is 6.50. The fourth-order valence-electron chi connectivity index (χ4n) is 3.17. The number of carbonyl (C=O) groups is 1. The Balaban J connectivity index is 1.77. The van der Waals surface area contributed by atoms with Crippen molar-refractivity contribution in [3.05, 3.63) is 23.8 Å². The third-order valence-corrected chi connectivity index (χ3v) is 6.00. The van der Waals surface area contributed by atoms with E-state index < -0.39 is 34.6 Å². The van der Waals surface area contributed by atoms with E-state index in [-0.39, 0.29) is 17.9 Å². The summed E-state index contributed by atoms with van der Waals surface area (Å²) < 4.78 is 46.2. The van der Waals surface area contributed by atoms with Crippen LogP contribution in [-0.2, 0) is 15.5 Å². The summed E-state index contributed by atoms with van der Waals surface area (Å²) in [7, 11) is -0.957. The molecule has 10 heteroatoms. The summed E-state index contributed by atoms with van der Waals surface area (Å²) in [6, 6.07) is 2.28. The average Bonchev–Trinajstić information content (AvgIpc) is 2.84. The van der Waals surface area contributed by atoms with E-state index in [0.29, 0.717) is 42.5 Å². The van der Waals surface area contributed by atoms with Crippen LogP contribution in [0.3, 0.4) is 0 Å². The van der Waals surface area contributed by atoms with E-state index in [4.69, 9.17) is 17.0 Å². The maximum atomic E-state index is 14.7. The third-order valence-electron chi connectivity index (χ3n) is 4.47. The quantitative estimate of drug-likeness (QED) is 0.758. The summed E-state index contributed by atoms with van der Waals surface area (Å²) >= 11 is 4.92. The Hall–Kier alpha value is -1.81. The number of rotatable bonds is 4. The highest BCUT2D eigenvalue weighted by Crippen LogP contribution is 2.31. The first-order valence-corrected chi connectivity index (χ1v) is 10.6. The van der Waals surface area contributed by atoms with Crippen LogP contribution in [0.2, 0.25) is 0 Å². The van der Waals surface area contributed by atoms with Crippen molar-refractivity contribution < 1.29 is 22.5 Å². The lowest BCUT2D eigenvalue weighted by Crippen LogP contribution is -2.32. The Morgan fingerprint density at radius 1 is 1.33 bits per heavy atom. The van der Waals surface area contributed by atoms with Crippen LogP contribution in [0, 0.1) is 11.6 Å². The van der Waals surface area contributed by atoms with E-state index in [9.17, 15) is 17.8 Å². The van der Waals surface area contributed by atoms with Crippen molar-refractivity contribution in [2.75, 3.05) is 47.5 Å². The molecule has 2 unspecified atom stereocenters. The highest BCUT2D eigenvalue weighted by atomic mass is 32.2. The van der Waals surface area contributed by atoms with Gasteiger partial charge in [-0.15, -0.1) is 0 Å². The number of nitrogens with zero attached hydrogens (tertiary/aromatic N) is 2. The molecule has 2 atom stereocenters. The highest BCUT2D eigenvalue weighted by Gasteiger charge is 2.33. The lowest BCUT2D eigenvalue weighted by molar-refractivity contribution is 0.143. The van der Waals surface area contributed by atoms with Gasteiger partial charge in [-0.05, 0) is 13.3 Å². The van der Waals surface area contributed by atoms with Gasteiger partial charge in [0.05, 0.1) is 23.8 Å². The number of carbonyl (C=O) groups excluding carboxylic acids is 1. The summed E-state index contributed by atoms with van der Waals surface area (Å²) in [5.41, 5.74) is -0.0292. The molecule has 0 aromatic heterocycles. The van der Waals surface area contributed by atoms with Gasteiger partial charge in [0.25, 0.3) is 0 Å². The Kier molecular flexibility index (Phi) is 6.25. The van der Waals surface area contributed by atoms with Gasteiger partial charge in [0.15, 0.2) is 11.6 Å².